The molecular formula is C12H12FN3S. The first-order chi connectivity index (χ1) is 8.29. The van der Waals surface area contributed by atoms with Crippen molar-refractivity contribution in [2.75, 3.05) is 0 Å². The predicted octanol–water partition coefficient (Wildman–Crippen LogP) is 2.37. The summed E-state index contributed by atoms with van der Waals surface area (Å²) in [5.41, 5.74) is 6.91. The van der Waals surface area contributed by atoms with Crippen molar-refractivity contribution in [3.8, 4) is 0 Å². The monoisotopic (exact) mass is 249 g/mol. The Morgan fingerprint density at radius 1 is 1.29 bits per heavy atom. The van der Waals surface area contributed by atoms with Crippen molar-refractivity contribution in [3.63, 3.8) is 0 Å². The Morgan fingerprint density at radius 3 is 2.82 bits per heavy atom. The molecule has 0 atom stereocenters. The highest BCUT2D eigenvalue weighted by atomic mass is 32.2. The van der Waals surface area contributed by atoms with Crippen LogP contribution < -0.4 is 5.73 Å². The second-order valence-corrected chi connectivity index (χ2v) is 4.46. The fraction of sp³-hybridized carbons (Fsp3) is 0.167. The summed E-state index contributed by atoms with van der Waals surface area (Å²) in [6.07, 6.45) is 3.15. The lowest BCUT2D eigenvalue weighted by atomic mass is 10.1. The molecule has 0 saturated heterocycles. The number of rotatable bonds is 4. The van der Waals surface area contributed by atoms with Gasteiger partial charge >= 0.3 is 0 Å². The number of thioether (sulfide) groups is 1. The molecule has 0 amide bonds. The SMILES string of the molecule is NCc1ccc(CSc2ccncn2)c(F)c1. The van der Waals surface area contributed by atoms with E-state index in [0.29, 0.717) is 17.9 Å². The quantitative estimate of drug-likeness (QED) is 0.667. The summed E-state index contributed by atoms with van der Waals surface area (Å²) < 4.78 is 13.6. The van der Waals surface area contributed by atoms with Gasteiger partial charge in [-0.2, -0.15) is 0 Å². The van der Waals surface area contributed by atoms with Crippen molar-refractivity contribution in [2.45, 2.75) is 17.3 Å². The second kappa shape index (κ2) is 5.75. The zero-order valence-electron chi connectivity index (χ0n) is 9.14. The van der Waals surface area contributed by atoms with Gasteiger partial charge in [0.15, 0.2) is 0 Å². The number of benzene rings is 1. The lowest BCUT2D eigenvalue weighted by Gasteiger charge is -2.04. The van der Waals surface area contributed by atoms with E-state index in [4.69, 9.17) is 5.73 Å². The molecule has 2 rings (SSSR count). The van der Waals surface area contributed by atoms with Crippen LogP contribution in [0, 0.1) is 5.82 Å². The summed E-state index contributed by atoms with van der Waals surface area (Å²) in [4.78, 5) is 7.89. The lowest BCUT2D eigenvalue weighted by Crippen LogP contribution is -1.98. The van der Waals surface area contributed by atoms with Gasteiger partial charge in [0, 0.05) is 18.5 Å². The van der Waals surface area contributed by atoms with Gasteiger partial charge in [-0.3, -0.25) is 0 Å². The van der Waals surface area contributed by atoms with Gasteiger partial charge in [-0.25, -0.2) is 14.4 Å². The second-order valence-electron chi connectivity index (χ2n) is 3.47. The molecule has 0 fully saturated rings. The third kappa shape index (κ3) is 3.25. The number of nitrogens with two attached hydrogens (primary N) is 1. The van der Waals surface area contributed by atoms with Crippen molar-refractivity contribution in [1.82, 2.24) is 9.97 Å². The topological polar surface area (TPSA) is 51.8 Å². The van der Waals surface area contributed by atoms with Crippen molar-refractivity contribution in [1.29, 1.82) is 0 Å². The third-order valence-corrected chi connectivity index (χ3v) is 3.28. The normalized spacial score (nSPS) is 10.5. The van der Waals surface area contributed by atoms with Crippen molar-refractivity contribution >= 4 is 11.8 Å². The average Bonchev–Trinajstić information content (AvgIpc) is 2.38. The van der Waals surface area contributed by atoms with E-state index in [1.54, 1.807) is 18.3 Å². The van der Waals surface area contributed by atoms with Crippen molar-refractivity contribution in [2.24, 2.45) is 5.73 Å². The summed E-state index contributed by atoms with van der Waals surface area (Å²) in [5, 5.41) is 0.835. The van der Waals surface area contributed by atoms with Crippen LogP contribution in [0.2, 0.25) is 0 Å². The lowest BCUT2D eigenvalue weighted by molar-refractivity contribution is 0.615. The van der Waals surface area contributed by atoms with E-state index in [0.717, 1.165) is 10.6 Å². The molecule has 0 saturated carbocycles. The highest BCUT2D eigenvalue weighted by Gasteiger charge is 2.04. The smallest absolute Gasteiger partial charge is 0.127 e. The van der Waals surface area contributed by atoms with Gasteiger partial charge in [-0.05, 0) is 23.3 Å². The first kappa shape index (κ1) is 12.0. The first-order valence-electron chi connectivity index (χ1n) is 5.16. The molecule has 17 heavy (non-hydrogen) atoms. The van der Waals surface area contributed by atoms with Gasteiger partial charge in [0.1, 0.15) is 12.1 Å². The summed E-state index contributed by atoms with van der Waals surface area (Å²) in [7, 11) is 0. The molecule has 0 spiro atoms. The first-order valence-corrected chi connectivity index (χ1v) is 6.14. The van der Waals surface area contributed by atoms with Crippen molar-refractivity contribution in [3.05, 3.63) is 53.7 Å². The molecule has 3 nitrogen and oxygen atoms in total. The summed E-state index contributed by atoms with van der Waals surface area (Å²) in [5.74, 6) is 0.336. The number of aromatic nitrogens is 2. The Bertz CT molecular complexity index is 490. The van der Waals surface area contributed by atoms with E-state index < -0.39 is 0 Å². The Hall–Kier alpha value is -1.46. The van der Waals surface area contributed by atoms with Gasteiger partial charge in [-0.1, -0.05) is 12.1 Å². The molecule has 1 heterocycles. The maximum Gasteiger partial charge on any atom is 0.127 e. The van der Waals surface area contributed by atoms with Gasteiger partial charge in [-0.15, -0.1) is 11.8 Å². The Labute approximate surface area is 103 Å². The van der Waals surface area contributed by atoms with Gasteiger partial charge in [0.05, 0.1) is 5.03 Å². The summed E-state index contributed by atoms with van der Waals surface area (Å²) in [6, 6.07) is 6.90. The Balaban J connectivity index is 2.04. The molecule has 0 aliphatic heterocycles. The number of halogens is 1. The molecule has 0 radical (unpaired) electrons. The summed E-state index contributed by atoms with van der Waals surface area (Å²) >= 11 is 1.48. The molecule has 5 heteroatoms. The van der Waals surface area contributed by atoms with E-state index in [1.807, 2.05) is 6.07 Å². The van der Waals surface area contributed by atoms with Gasteiger partial charge < -0.3 is 5.73 Å². The maximum atomic E-state index is 13.6. The standard InChI is InChI=1S/C12H12FN3S/c13-11-5-9(6-14)1-2-10(11)7-17-12-3-4-15-8-16-12/h1-5,8H,6-7,14H2. The minimum atomic E-state index is -0.213. The Kier molecular flexibility index (Phi) is 4.06. The molecule has 88 valence electrons. The fourth-order valence-electron chi connectivity index (χ4n) is 1.35. The molecule has 0 aliphatic rings. The molecule has 0 bridgehead atoms. The fourth-order valence-corrected chi connectivity index (χ4v) is 2.17. The number of nitrogens with zero attached hydrogens (tertiary/aromatic N) is 2. The summed E-state index contributed by atoms with van der Waals surface area (Å²) in [6.45, 7) is 0.357. The van der Waals surface area contributed by atoms with Crippen LogP contribution in [-0.2, 0) is 12.3 Å². The number of hydrogen-bond donors (Lipinski definition) is 1. The molecule has 2 aromatic rings. The predicted molar refractivity (Wildman–Crippen MR) is 65.9 cm³/mol. The van der Waals surface area contributed by atoms with Crippen LogP contribution >= 0.6 is 11.8 Å². The molecule has 0 unspecified atom stereocenters. The van der Waals surface area contributed by atoms with Crippen LogP contribution in [0.25, 0.3) is 0 Å². The molecule has 1 aromatic heterocycles. The molecular weight excluding hydrogens is 237 g/mol. The third-order valence-electron chi connectivity index (χ3n) is 2.28. The molecule has 1 aromatic carbocycles. The van der Waals surface area contributed by atoms with E-state index in [9.17, 15) is 4.39 Å². The van der Waals surface area contributed by atoms with Gasteiger partial charge in [0.2, 0.25) is 0 Å². The van der Waals surface area contributed by atoms with Crippen LogP contribution in [0.4, 0.5) is 4.39 Å². The van der Waals surface area contributed by atoms with Crippen LogP contribution in [0.15, 0.2) is 41.8 Å². The van der Waals surface area contributed by atoms with E-state index in [2.05, 4.69) is 9.97 Å². The minimum absolute atomic E-state index is 0.213. The van der Waals surface area contributed by atoms with E-state index in [1.165, 1.54) is 24.2 Å². The average molecular weight is 249 g/mol. The maximum absolute atomic E-state index is 13.6. The molecule has 0 aliphatic carbocycles. The Morgan fingerprint density at radius 2 is 2.18 bits per heavy atom. The number of hydrogen-bond acceptors (Lipinski definition) is 4. The molecule has 2 N–H and O–H groups in total. The largest absolute Gasteiger partial charge is 0.326 e. The van der Waals surface area contributed by atoms with E-state index >= 15 is 0 Å². The minimum Gasteiger partial charge on any atom is -0.326 e. The van der Waals surface area contributed by atoms with Crippen molar-refractivity contribution < 1.29 is 4.39 Å². The van der Waals surface area contributed by atoms with E-state index in [-0.39, 0.29) is 5.82 Å². The zero-order valence-corrected chi connectivity index (χ0v) is 9.95. The highest BCUT2D eigenvalue weighted by Crippen LogP contribution is 2.22. The van der Waals surface area contributed by atoms with Crippen LogP contribution in [0.1, 0.15) is 11.1 Å². The highest BCUT2D eigenvalue weighted by molar-refractivity contribution is 7.98. The van der Waals surface area contributed by atoms with Crippen LogP contribution in [-0.4, -0.2) is 9.97 Å². The zero-order chi connectivity index (χ0) is 12.1. The van der Waals surface area contributed by atoms with Crippen LogP contribution in [0.3, 0.4) is 0 Å². The van der Waals surface area contributed by atoms with Crippen LogP contribution in [0.5, 0.6) is 0 Å². The van der Waals surface area contributed by atoms with Gasteiger partial charge in [0.25, 0.3) is 0 Å².